The Labute approximate surface area is 153 Å². The molecule has 1 aromatic carbocycles. The molecule has 132 valence electrons. The molecule has 1 fully saturated rings. The summed E-state index contributed by atoms with van der Waals surface area (Å²) in [5.74, 6) is 0.0868. The van der Waals surface area contributed by atoms with Crippen LogP contribution in [0.3, 0.4) is 0 Å². The molecule has 0 N–H and O–H groups in total. The average Bonchev–Trinajstić information content (AvgIpc) is 3.10. The van der Waals surface area contributed by atoms with Crippen LogP contribution in [-0.4, -0.2) is 38.3 Å². The molecule has 1 aliphatic heterocycles. The lowest BCUT2D eigenvalue weighted by Gasteiger charge is -2.23. The lowest BCUT2D eigenvalue weighted by atomic mass is 9.99. The molecule has 3 heterocycles. The molecule has 2 aromatic heterocycles. The number of hydrogen-bond donors (Lipinski definition) is 0. The third kappa shape index (κ3) is 2.73. The van der Waals surface area contributed by atoms with Crippen LogP contribution in [0.4, 0.5) is 0 Å². The van der Waals surface area contributed by atoms with Crippen molar-refractivity contribution in [3.05, 3.63) is 53.6 Å². The van der Waals surface area contributed by atoms with Gasteiger partial charge in [-0.2, -0.15) is 0 Å². The van der Waals surface area contributed by atoms with E-state index in [1.165, 1.54) is 11.9 Å². The van der Waals surface area contributed by atoms with Crippen LogP contribution in [0.5, 0.6) is 0 Å². The number of pyridine rings is 1. The molecular weight excluding hydrogens is 324 g/mol. The number of benzene rings is 1. The number of carbonyl (C=O) groups is 1. The highest BCUT2D eigenvalue weighted by atomic mass is 16.2. The summed E-state index contributed by atoms with van der Waals surface area (Å²) in [5.41, 5.74) is 5.41. The van der Waals surface area contributed by atoms with Crippen LogP contribution in [0.1, 0.15) is 41.3 Å². The van der Waals surface area contributed by atoms with Crippen LogP contribution >= 0.6 is 0 Å². The van der Waals surface area contributed by atoms with E-state index in [-0.39, 0.29) is 11.9 Å². The van der Waals surface area contributed by atoms with Gasteiger partial charge in [0.25, 0.3) is 5.91 Å². The molecule has 26 heavy (non-hydrogen) atoms. The third-order valence-corrected chi connectivity index (χ3v) is 5.41. The minimum atomic E-state index is 0.0868. The van der Waals surface area contributed by atoms with Crippen molar-refractivity contribution in [2.24, 2.45) is 0 Å². The number of carbonyl (C=O) groups excluding carboxylic acids is 1. The minimum absolute atomic E-state index is 0.0868. The summed E-state index contributed by atoms with van der Waals surface area (Å²) in [7, 11) is 0. The van der Waals surface area contributed by atoms with Gasteiger partial charge in [-0.1, -0.05) is 12.1 Å². The molecule has 0 radical (unpaired) electrons. The Morgan fingerprint density at radius 2 is 1.96 bits per heavy atom. The van der Waals surface area contributed by atoms with Gasteiger partial charge < -0.3 is 4.90 Å². The summed E-state index contributed by atoms with van der Waals surface area (Å²) in [5, 5.41) is 0.915. The van der Waals surface area contributed by atoms with Crippen LogP contribution in [-0.2, 0) is 0 Å². The Hall–Kier alpha value is -2.82. The Kier molecular flexibility index (Phi) is 4.15. The second-order valence-electron chi connectivity index (χ2n) is 7.08. The average molecular weight is 346 g/mol. The van der Waals surface area contributed by atoms with E-state index in [2.05, 4.69) is 36.8 Å². The van der Waals surface area contributed by atoms with Crippen molar-refractivity contribution in [3.8, 4) is 11.3 Å². The Bertz CT molecular complexity index is 984. The fourth-order valence-electron chi connectivity index (χ4n) is 3.68. The number of likely N-dealkylation sites (tertiary alicyclic amines) is 1. The van der Waals surface area contributed by atoms with Crippen LogP contribution < -0.4 is 0 Å². The number of rotatable bonds is 2. The molecule has 1 saturated heterocycles. The lowest BCUT2D eigenvalue weighted by molar-refractivity contribution is 0.0749. The van der Waals surface area contributed by atoms with E-state index in [0.29, 0.717) is 5.56 Å². The predicted octanol–water partition coefficient (Wildman–Crippen LogP) is 3.93. The number of hydrogen-bond acceptors (Lipinski definition) is 4. The van der Waals surface area contributed by atoms with Gasteiger partial charge in [-0.15, -0.1) is 0 Å². The quantitative estimate of drug-likeness (QED) is 0.705. The van der Waals surface area contributed by atoms with Crippen LogP contribution in [0.25, 0.3) is 22.2 Å². The summed E-state index contributed by atoms with van der Waals surface area (Å²) in [4.78, 5) is 28.3. The zero-order chi connectivity index (χ0) is 18.3. The van der Waals surface area contributed by atoms with Gasteiger partial charge in [0.05, 0.1) is 16.8 Å². The first-order chi connectivity index (χ1) is 12.6. The van der Waals surface area contributed by atoms with Gasteiger partial charge in [-0.3, -0.25) is 4.79 Å². The maximum atomic E-state index is 13.3. The van der Waals surface area contributed by atoms with E-state index >= 15 is 0 Å². The SMILES string of the molecule is Cc1ccc2c(C(=O)N3CCC[C@H]3C)cc(-c3cncnc3)nc2c1C. The topological polar surface area (TPSA) is 59.0 Å². The van der Waals surface area contributed by atoms with E-state index in [4.69, 9.17) is 4.98 Å². The number of nitrogens with zero attached hydrogens (tertiary/aromatic N) is 4. The Morgan fingerprint density at radius 1 is 1.19 bits per heavy atom. The van der Waals surface area contributed by atoms with Gasteiger partial charge in [0, 0.05) is 35.9 Å². The van der Waals surface area contributed by atoms with E-state index in [9.17, 15) is 4.79 Å². The zero-order valence-corrected chi connectivity index (χ0v) is 15.4. The third-order valence-electron chi connectivity index (χ3n) is 5.41. The van der Waals surface area contributed by atoms with Gasteiger partial charge >= 0.3 is 0 Å². The molecule has 1 amide bonds. The van der Waals surface area contributed by atoms with Gasteiger partial charge in [-0.05, 0) is 50.8 Å². The maximum Gasteiger partial charge on any atom is 0.254 e. The van der Waals surface area contributed by atoms with Crippen molar-refractivity contribution in [1.29, 1.82) is 0 Å². The van der Waals surface area contributed by atoms with Crippen molar-refractivity contribution in [2.45, 2.75) is 39.7 Å². The molecule has 0 bridgehead atoms. The number of amides is 1. The molecule has 1 aliphatic rings. The van der Waals surface area contributed by atoms with E-state index in [0.717, 1.165) is 47.1 Å². The van der Waals surface area contributed by atoms with Crippen molar-refractivity contribution >= 4 is 16.8 Å². The number of aromatic nitrogens is 3. The maximum absolute atomic E-state index is 13.3. The first kappa shape index (κ1) is 16.6. The van der Waals surface area contributed by atoms with E-state index in [1.807, 2.05) is 17.0 Å². The van der Waals surface area contributed by atoms with Gasteiger partial charge in [0.2, 0.25) is 0 Å². The molecule has 4 rings (SSSR count). The normalized spacial score (nSPS) is 17.0. The molecule has 3 aromatic rings. The summed E-state index contributed by atoms with van der Waals surface area (Å²) in [6, 6.07) is 6.25. The summed E-state index contributed by atoms with van der Waals surface area (Å²) >= 11 is 0. The highest BCUT2D eigenvalue weighted by Crippen LogP contribution is 2.30. The van der Waals surface area contributed by atoms with Crippen LogP contribution in [0, 0.1) is 13.8 Å². The monoisotopic (exact) mass is 346 g/mol. The predicted molar refractivity (Wildman–Crippen MR) is 102 cm³/mol. The molecular formula is C21H22N4O. The van der Waals surface area contributed by atoms with Gasteiger partial charge in [-0.25, -0.2) is 15.0 Å². The summed E-state index contributed by atoms with van der Waals surface area (Å²) in [6.45, 7) is 7.07. The fraction of sp³-hybridized carbons (Fsp3) is 0.333. The first-order valence-electron chi connectivity index (χ1n) is 9.03. The Balaban J connectivity index is 1.95. The second-order valence-corrected chi connectivity index (χ2v) is 7.08. The molecule has 0 aliphatic carbocycles. The largest absolute Gasteiger partial charge is 0.336 e. The number of fused-ring (bicyclic) bond motifs is 1. The summed E-state index contributed by atoms with van der Waals surface area (Å²) < 4.78 is 0. The molecule has 1 atom stereocenters. The van der Waals surface area contributed by atoms with Gasteiger partial charge in [0.1, 0.15) is 6.33 Å². The number of aryl methyl sites for hydroxylation is 2. The molecule has 0 unspecified atom stereocenters. The highest BCUT2D eigenvalue weighted by molar-refractivity contribution is 6.08. The van der Waals surface area contributed by atoms with Crippen molar-refractivity contribution in [3.63, 3.8) is 0 Å². The molecule has 5 heteroatoms. The van der Waals surface area contributed by atoms with Crippen molar-refractivity contribution < 1.29 is 4.79 Å². The minimum Gasteiger partial charge on any atom is -0.336 e. The van der Waals surface area contributed by atoms with Crippen molar-refractivity contribution in [2.75, 3.05) is 6.54 Å². The highest BCUT2D eigenvalue weighted by Gasteiger charge is 2.28. The molecule has 0 saturated carbocycles. The zero-order valence-electron chi connectivity index (χ0n) is 15.4. The first-order valence-corrected chi connectivity index (χ1v) is 9.03. The lowest BCUT2D eigenvalue weighted by Crippen LogP contribution is -2.33. The molecule has 0 spiro atoms. The standard InChI is InChI=1S/C21H22N4O/c1-13-6-7-17-18(21(26)25-8-4-5-14(25)2)9-19(24-20(17)15(13)3)16-10-22-12-23-11-16/h6-7,9-12,14H,4-5,8H2,1-3H3/t14-/m1/s1. The van der Waals surface area contributed by atoms with Crippen LogP contribution in [0.2, 0.25) is 0 Å². The fourth-order valence-corrected chi connectivity index (χ4v) is 3.68. The van der Waals surface area contributed by atoms with Gasteiger partial charge in [0.15, 0.2) is 0 Å². The van der Waals surface area contributed by atoms with E-state index < -0.39 is 0 Å². The Morgan fingerprint density at radius 3 is 2.65 bits per heavy atom. The second kappa shape index (κ2) is 6.48. The summed E-state index contributed by atoms with van der Waals surface area (Å²) in [6.07, 6.45) is 7.09. The smallest absolute Gasteiger partial charge is 0.254 e. The molecule has 5 nitrogen and oxygen atoms in total. The van der Waals surface area contributed by atoms with Crippen LogP contribution in [0.15, 0.2) is 36.9 Å². The van der Waals surface area contributed by atoms with Crippen molar-refractivity contribution in [1.82, 2.24) is 19.9 Å². The van der Waals surface area contributed by atoms with E-state index in [1.54, 1.807) is 12.4 Å².